The lowest BCUT2D eigenvalue weighted by atomic mass is 9.92. The van der Waals surface area contributed by atoms with Crippen molar-refractivity contribution in [1.82, 2.24) is 4.90 Å². The molecule has 1 saturated heterocycles. The van der Waals surface area contributed by atoms with Crippen molar-refractivity contribution >= 4 is 6.09 Å². The molecule has 2 aromatic rings. The molecule has 1 atom stereocenters. The number of nitrogens with zero attached hydrogens (tertiary/aromatic N) is 1. The number of alkyl halides is 3. The number of carbonyl (C=O) groups excluding carboxylic acids is 1. The van der Waals surface area contributed by atoms with E-state index in [2.05, 4.69) is 0 Å². The van der Waals surface area contributed by atoms with E-state index in [4.69, 9.17) is 9.47 Å². The lowest BCUT2D eigenvalue weighted by molar-refractivity contribution is -0.137. The topological polar surface area (TPSA) is 38.8 Å². The molecule has 1 unspecified atom stereocenters. The van der Waals surface area contributed by atoms with Crippen LogP contribution in [0, 0.1) is 5.82 Å². The molecule has 30 heavy (non-hydrogen) atoms. The molecule has 0 bridgehead atoms. The van der Waals surface area contributed by atoms with E-state index in [0.29, 0.717) is 16.7 Å². The number of carbonyl (C=O) groups is 1. The van der Waals surface area contributed by atoms with Crippen molar-refractivity contribution < 1.29 is 31.8 Å². The van der Waals surface area contributed by atoms with Crippen LogP contribution >= 0.6 is 0 Å². The Morgan fingerprint density at radius 2 is 1.90 bits per heavy atom. The van der Waals surface area contributed by atoms with E-state index in [9.17, 15) is 22.4 Å². The lowest BCUT2D eigenvalue weighted by Crippen LogP contribution is -2.30. The molecule has 1 fully saturated rings. The van der Waals surface area contributed by atoms with Gasteiger partial charge in [-0.3, -0.25) is 4.90 Å². The number of rotatable bonds is 5. The van der Waals surface area contributed by atoms with Gasteiger partial charge in [-0.25, -0.2) is 9.18 Å². The summed E-state index contributed by atoms with van der Waals surface area (Å²) in [6.07, 6.45) is -5.12. The Morgan fingerprint density at radius 3 is 2.43 bits per heavy atom. The molecular weight excluding hydrogens is 402 g/mol. The summed E-state index contributed by atoms with van der Waals surface area (Å²) in [4.78, 5) is 13.4. The molecule has 8 heteroatoms. The van der Waals surface area contributed by atoms with Crippen molar-refractivity contribution in [2.45, 2.75) is 45.5 Å². The normalized spacial score (nSPS) is 16.9. The SMILES string of the molecule is COc1cc(F)c(C(C)C)cc1-c1ccc(C(F)(F)F)cc1CN1C(=O)OCC1C. The highest BCUT2D eigenvalue weighted by Crippen LogP contribution is 2.40. The summed E-state index contributed by atoms with van der Waals surface area (Å²) in [6.45, 7) is 5.50. The minimum absolute atomic E-state index is 0.0726. The molecule has 162 valence electrons. The van der Waals surface area contributed by atoms with Crippen LogP contribution in [-0.2, 0) is 17.5 Å². The first kappa shape index (κ1) is 21.9. The summed E-state index contributed by atoms with van der Waals surface area (Å²) in [5.74, 6) is -0.383. The van der Waals surface area contributed by atoms with Crippen molar-refractivity contribution in [3.63, 3.8) is 0 Å². The van der Waals surface area contributed by atoms with Crippen LogP contribution in [0.4, 0.5) is 22.4 Å². The van der Waals surface area contributed by atoms with Gasteiger partial charge in [-0.05, 0) is 47.7 Å². The van der Waals surface area contributed by atoms with Crippen molar-refractivity contribution in [3.8, 4) is 16.9 Å². The van der Waals surface area contributed by atoms with Crippen LogP contribution in [0.3, 0.4) is 0 Å². The van der Waals surface area contributed by atoms with E-state index in [1.807, 2.05) is 13.8 Å². The Balaban J connectivity index is 2.19. The minimum Gasteiger partial charge on any atom is -0.496 e. The molecule has 4 nitrogen and oxygen atoms in total. The van der Waals surface area contributed by atoms with E-state index >= 15 is 0 Å². The van der Waals surface area contributed by atoms with Crippen LogP contribution in [-0.4, -0.2) is 30.8 Å². The number of ether oxygens (including phenoxy) is 2. The standard InChI is InChI=1S/C22H23F4NO3/c1-12(2)17-8-18(20(29-4)9-19(17)23)16-6-5-15(22(24,25)26)7-14(16)10-27-13(3)11-30-21(27)28/h5-9,12-13H,10-11H2,1-4H3. The van der Waals surface area contributed by atoms with Gasteiger partial charge in [0, 0.05) is 11.6 Å². The fourth-order valence-electron chi connectivity index (χ4n) is 3.51. The van der Waals surface area contributed by atoms with Crippen LogP contribution in [0.1, 0.15) is 43.4 Å². The zero-order valence-electron chi connectivity index (χ0n) is 17.1. The third-order valence-corrected chi connectivity index (χ3v) is 5.22. The molecule has 0 spiro atoms. The highest BCUT2D eigenvalue weighted by molar-refractivity contribution is 5.76. The zero-order valence-corrected chi connectivity index (χ0v) is 17.1. The number of methoxy groups -OCH3 is 1. The summed E-state index contributed by atoms with van der Waals surface area (Å²) in [7, 11) is 1.37. The van der Waals surface area contributed by atoms with Gasteiger partial charge in [-0.1, -0.05) is 19.9 Å². The maximum atomic E-state index is 14.4. The van der Waals surface area contributed by atoms with Gasteiger partial charge in [-0.15, -0.1) is 0 Å². The van der Waals surface area contributed by atoms with Gasteiger partial charge < -0.3 is 9.47 Å². The second kappa shape index (κ2) is 8.16. The quantitative estimate of drug-likeness (QED) is 0.553. The zero-order chi connectivity index (χ0) is 22.2. The van der Waals surface area contributed by atoms with Gasteiger partial charge in [0.2, 0.25) is 0 Å². The second-order valence-electron chi connectivity index (χ2n) is 7.65. The third-order valence-electron chi connectivity index (χ3n) is 5.22. The van der Waals surface area contributed by atoms with E-state index in [1.165, 1.54) is 24.1 Å². The van der Waals surface area contributed by atoms with Crippen LogP contribution in [0.15, 0.2) is 30.3 Å². The molecule has 1 aliphatic heterocycles. The van der Waals surface area contributed by atoms with E-state index in [-0.39, 0.29) is 36.4 Å². The summed E-state index contributed by atoms with van der Waals surface area (Å²) in [5, 5.41) is 0. The number of cyclic esters (lactones) is 1. The van der Waals surface area contributed by atoms with Gasteiger partial charge >= 0.3 is 12.3 Å². The first-order valence-electron chi connectivity index (χ1n) is 9.54. The molecule has 1 heterocycles. The molecule has 0 saturated carbocycles. The van der Waals surface area contributed by atoms with Crippen LogP contribution in [0.25, 0.3) is 11.1 Å². The highest BCUT2D eigenvalue weighted by atomic mass is 19.4. The Labute approximate surface area is 172 Å². The van der Waals surface area contributed by atoms with Gasteiger partial charge in [0.05, 0.1) is 25.3 Å². The number of hydrogen-bond donors (Lipinski definition) is 0. The number of hydrogen-bond acceptors (Lipinski definition) is 3. The van der Waals surface area contributed by atoms with Crippen molar-refractivity contribution in [2.24, 2.45) is 0 Å². The summed E-state index contributed by atoms with van der Waals surface area (Å²) >= 11 is 0. The summed E-state index contributed by atoms with van der Waals surface area (Å²) < 4.78 is 64.8. The minimum atomic E-state index is -4.54. The van der Waals surface area contributed by atoms with E-state index in [1.54, 1.807) is 13.0 Å². The molecule has 0 radical (unpaired) electrons. The fraction of sp³-hybridized carbons (Fsp3) is 0.409. The smallest absolute Gasteiger partial charge is 0.416 e. The van der Waals surface area contributed by atoms with Crippen molar-refractivity contribution in [1.29, 1.82) is 0 Å². The van der Waals surface area contributed by atoms with Crippen molar-refractivity contribution in [2.75, 3.05) is 13.7 Å². The van der Waals surface area contributed by atoms with E-state index in [0.717, 1.165) is 12.1 Å². The number of benzene rings is 2. The molecular formula is C22H23F4NO3. The van der Waals surface area contributed by atoms with Gasteiger partial charge in [0.1, 0.15) is 18.2 Å². The van der Waals surface area contributed by atoms with E-state index < -0.39 is 23.7 Å². The predicted octanol–water partition coefficient (Wildman–Crippen LogP) is 5.98. The molecule has 1 aliphatic rings. The van der Waals surface area contributed by atoms with Crippen LogP contribution in [0.2, 0.25) is 0 Å². The first-order chi connectivity index (χ1) is 14.0. The summed E-state index contributed by atoms with van der Waals surface area (Å²) in [5.41, 5.74) is 0.771. The molecule has 0 aliphatic carbocycles. The van der Waals surface area contributed by atoms with Gasteiger partial charge in [0.25, 0.3) is 0 Å². The Bertz CT molecular complexity index is 956. The summed E-state index contributed by atoms with van der Waals surface area (Å²) in [6, 6.07) is 5.88. The average molecular weight is 425 g/mol. The van der Waals surface area contributed by atoms with Gasteiger partial charge in [-0.2, -0.15) is 13.2 Å². The molecule has 3 rings (SSSR count). The van der Waals surface area contributed by atoms with Crippen molar-refractivity contribution in [3.05, 3.63) is 52.8 Å². The molecule has 0 N–H and O–H groups in total. The van der Waals surface area contributed by atoms with Gasteiger partial charge in [0.15, 0.2) is 0 Å². The predicted molar refractivity (Wildman–Crippen MR) is 104 cm³/mol. The fourth-order valence-corrected chi connectivity index (χ4v) is 3.51. The molecule has 2 aromatic carbocycles. The second-order valence-corrected chi connectivity index (χ2v) is 7.65. The lowest BCUT2D eigenvalue weighted by Gasteiger charge is -2.22. The Kier molecular flexibility index (Phi) is 5.97. The third kappa shape index (κ3) is 4.22. The molecule has 1 amide bonds. The van der Waals surface area contributed by atoms with Crippen LogP contribution in [0.5, 0.6) is 5.75 Å². The average Bonchev–Trinajstić information content (AvgIpc) is 2.99. The Morgan fingerprint density at radius 1 is 1.20 bits per heavy atom. The Hall–Kier alpha value is -2.77. The number of halogens is 4. The number of amides is 1. The highest BCUT2D eigenvalue weighted by Gasteiger charge is 2.34. The maximum absolute atomic E-state index is 14.4. The first-order valence-corrected chi connectivity index (χ1v) is 9.54. The molecule has 0 aromatic heterocycles. The monoisotopic (exact) mass is 425 g/mol. The largest absolute Gasteiger partial charge is 0.496 e. The maximum Gasteiger partial charge on any atom is 0.416 e. The van der Waals surface area contributed by atoms with Crippen LogP contribution < -0.4 is 4.74 Å².